The summed E-state index contributed by atoms with van der Waals surface area (Å²) in [5.41, 5.74) is 8.14. The standard InChI is InChI=1S/C30H48N6O2/c1-7-22(4)27(35-34-20-33-31)11-10-25(9-8-21(2)3)18-32-26-12-14-30(15-13-26)16-17-36(29(30)37)28-19-38-24(6)23(28)5/h7,10,20-21,26,32H,6,8-9,11-19,31H2,1-5H3,(H,33,34)/b22-7?,25-10?,35-27+. The van der Waals surface area contributed by atoms with Crippen molar-refractivity contribution in [2.45, 2.75) is 92.0 Å². The summed E-state index contributed by atoms with van der Waals surface area (Å²) >= 11 is 0. The molecule has 0 radical (unpaired) electrons. The molecule has 0 aromatic carbocycles. The molecule has 0 bridgehead atoms. The third-order valence-corrected chi connectivity index (χ3v) is 8.48. The highest BCUT2D eigenvalue weighted by atomic mass is 16.5. The van der Waals surface area contributed by atoms with Gasteiger partial charge in [-0.1, -0.05) is 38.2 Å². The predicted molar refractivity (Wildman–Crippen MR) is 156 cm³/mol. The van der Waals surface area contributed by atoms with Gasteiger partial charge in [0.1, 0.15) is 18.7 Å². The summed E-state index contributed by atoms with van der Waals surface area (Å²) in [5.74, 6) is 6.83. The summed E-state index contributed by atoms with van der Waals surface area (Å²) in [6.45, 7) is 16.7. The molecule has 2 aliphatic heterocycles. The molecular formula is C30H48N6O2. The number of rotatable bonds is 12. The lowest BCUT2D eigenvalue weighted by Gasteiger charge is -2.36. The first-order chi connectivity index (χ1) is 18.2. The van der Waals surface area contributed by atoms with Crippen LogP contribution in [0.3, 0.4) is 0 Å². The van der Waals surface area contributed by atoms with Crippen LogP contribution in [0.5, 0.6) is 0 Å². The maximum Gasteiger partial charge on any atom is 0.233 e. The van der Waals surface area contributed by atoms with Crippen molar-refractivity contribution in [3.05, 3.63) is 46.9 Å². The zero-order valence-corrected chi connectivity index (χ0v) is 24.1. The summed E-state index contributed by atoms with van der Waals surface area (Å²) in [7, 11) is 0. The van der Waals surface area contributed by atoms with E-state index in [2.05, 4.69) is 60.4 Å². The van der Waals surface area contributed by atoms with Gasteiger partial charge in [0.15, 0.2) is 0 Å². The Morgan fingerprint density at radius 3 is 2.66 bits per heavy atom. The molecule has 38 heavy (non-hydrogen) atoms. The number of hydrazone groups is 2. The van der Waals surface area contributed by atoms with Gasteiger partial charge in [0, 0.05) is 31.1 Å². The first-order valence-electron chi connectivity index (χ1n) is 14.1. The molecule has 3 rings (SSSR count). The molecule has 210 valence electrons. The van der Waals surface area contributed by atoms with Crippen molar-refractivity contribution in [1.82, 2.24) is 15.6 Å². The summed E-state index contributed by atoms with van der Waals surface area (Å²) in [6, 6.07) is 0.438. The minimum Gasteiger partial charge on any atom is -0.488 e. The van der Waals surface area contributed by atoms with Crippen LogP contribution in [-0.2, 0) is 9.53 Å². The molecule has 0 atom stereocenters. The molecule has 2 fully saturated rings. The molecule has 1 spiro atoms. The van der Waals surface area contributed by atoms with Gasteiger partial charge in [0.2, 0.25) is 5.91 Å². The quantitative estimate of drug-likeness (QED) is 0.108. The van der Waals surface area contributed by atoms with E-state index in [0.717, 1.165) is 87.0 Å². The van der Waals surface area contributed by atoms with Crippen LogP contribution in [0, 0.1) is 11.3 Å². The lowest BCUT2D eigenvalue weighted by atomic mass is 9.71. The van der Waals surface area contributed by atoms with Crippen molar-refractivity contribution in [3.8, 4) is 0 Å². The van der Waals surface area contributed by atoms with Crippen molar-refractivity contribution in [2.75, 3.05) is 19.7 Å². The van der Waals surface area contributed by atoms with Crippen LogP contribution in [-0.4, -0.2) is 48.6 Å². The molecule has 1 aliphatic carbocycles. The smallest absolute Gasteiger partial charge is 0.233 e. The van der Waals surface area contributed by atoms with E-state index in [1.807, 2.05) is 18.7 Å². The van der Waals surface area contributed by atoms with Crippen molar-refractivity contribution in [3.63, 3.8) is 0 Å². The molecule has 0 aromatic rings. The van der Waals surface area contributed by atoms with E-state index in [0.29, 0.717) is 30.2 Å². The minimum absolute atomic E-state index is 0.207. The Morgan fingerprint density at radius 1 is 1.32 bits per heavy atom. The number of carbonyl (C=O) groups excluding carboxylic acids is 1. The summed E-state index contributed by atoms with van der Waals surface area (Å²) < 4.78 is 5.60. The number of ether oxygens (including phenoxy) is 1. The second-order valence-corrected chi connectivity index (χ2v) is 11.4. The zero-order chi connectivity index (χ0) is 27.7. The molecule has 4 N–H and O–H groups in total. The Bertz CT molecular complexity index is 1010. The number of nitrogens with two attached hydrogens (primary N) is 1. The molecule has 1 saturated heterocycles. The van der Waals surface area contributed by atoms with E-state index in [1.54, 1.807) is 0 Å². The zero-order valence-electron chi connectivity index (χ0n) is 24.1. The number of amides is 1. The number of likely N-dealkylation sites (tertiary alicyclic amines) is 1. The van der Waals surface area contributed by atoms with Crippen LogP contribution < -0.4 is 16.6 Å². The minimum atomic E-state index is -0.207. The lowest BCUT2D eigenvalue weighted by Crippen LogP contribution is -2.42. The van der Waals surface area contributed by atoms with Crippen LogP contribution in [0.25, 0.3) is 0 Å². The number of hydrogen-bond donors (Lipinski definition) is 3. The molecule has 8 heteroatoms. The Labute approximate surface area is 229 Å². The van der Waals surface area contributed by atoms with Crippen molar-refractivity contribution in [2.24, 2.45) is 27.4 Å². The molecule has 2 heterocycles. The Balaban J connectivity index is 1.58. The normalized spacial score (nSPS) is 25.5. The van der Waals surface area contributed by atoms with Gasteiger partial charge < -0.3 is 20.8 Å². The van der Waals surface area contributed by atoms with Gasteiger partial charge in [-0.3, -0.25) is 10.2 Å². The van der Waals surface area contributed by atoms with Crippen molar-refractivity contribution < 1.29 is 9.53 Å². The highest BCUT2D eigenvalue weighted by Crippen LogP contribution is 2.46. The second-order valence-electron chi connectivity index (χ2n) is 11.4. The van der Waals surface area contributed by atoms with Crippen LogP contribution in [0.2, 0.25) is 0 Å². The third-order valence-electron chi connectivity index (χ3n) is 8.48. The van der Waals surface area contributed by atoms with E-state index in [9.17, 15) is 4.79 Å². The fraction of sp³-hybridized carbons (Fsp3) is 0.633. The highest BCUT2D eigenvalue weighted by Gasteiger charge is 2.49. The molecule has 3 aliphatic rings. The molecule has 0 unspecified atom stereocenters. The van der Waals surface area contributed by atoms with Gasteiger partial charge >= 0.3 is 0 Å². The fourth-order valence-corrected chi connectivity index (χ4v) is 5.58. The van der Waals surface area contributed by atoms with Crippen LogP contribution >= 0.6 is 0 Å². The van der Waals surface area contributed by atoms with Gasteiger partial charge in [-0.25, -0.2) is 0 Å². The lowest BCUT2D eigenvalue weighted by molar-refractivity contribution is -0.136. The average Bonchev–Trinajstić information content (AvgIpc) is 3.40. The first kappa shape index (κ1) is 29.7. The summed E-state index contributed by atoms with van der Waals surface area (Å²) in [4.78, 5) is 15.5. The third kappa shape index (κ3) is 7.37. The molecule has 1 saturated carbocycles. The number of nitrogens with one attached hydrogen (secondary N) is 2. The Hall–Kier alpha value is -2.87. The van der Waals surface area contributed by atoms with Gasteiger partial charge in [0.25, 0.3) is 0 Å². The predicted octanol–water partition coefficient (Wildman–Crippen LogP) is 5.12. The topological polar surface area (TPSA) is 104 Å². The largest absolute Gasteiger partial charge is 0.488 e. The number of nitrogens with zero attached hydrogens (tertiary/aromatic N) is 3. The van der Waals surface area contributed by atoms with E-state index in [-0.39, 0.29) is 5.41 Å². The maximum atomic E-state index is 13.5. The van der Waals surface area contributed by atoms with Crippen LogP contribution in [0.15, 0.2) is 57.1 Å². The van der Waals surface area contributed by atoms with Crippen LogP contribution in [0.1, 0.15) is 86.0 Å². The average molecular weight is 525 g/mol. The van der Waals surface area contributed by atoms with Crippen molar-refractivity contribution in [1.29, 1.82) is 0 Å². The van der Waals surface area contributed by atoms with Gasteiger partial charge in [0.05, 0.1) is 16.8 Å². The number of carbonyl (C=O) groups is 1. The van der Waals surface area contributed by atoms with Crippen molar-refractivity contribution >= 4 is 18.0 Å². The van der Waals surface area contributed by atoms with E-state index >= 15 is 0 Å². The molecule has 8 nitrogen and oxygen atoms in total. The van der Waals surface area contributed by atoms with E-state index < -0.39 is 0 Å². The summed E-state index contributed by atoms with van der Waals surface area (Å²) in [6.07, 6.45) is 13.6. The monoisotopic (exact) mass is 524 g/mol. The van der Waals surface area contributed by atoms with Gasteiger partial charge in [-0.05, 0) is 77.2 Å². The van der Waals surface area contributed by atoms with Gasteiger partial charge in [-0.15, -0.1) is 0 Å². The molecule has 1 amide bonds. The SMILES string of the molecule is C=C1OCC(N2CCC3(CCC(NCC(=CC/C(=N\N/C=N/N)C(C)=CC)CCC(C)C)CC3)C2=O)=C1C. The fourth-order valence-electron chi connectivity index (χ4n) is 5.58. The van der Waals surface area contributed by atoms with Gasteiger partial charge in [-0.2, -0.15) is 10.2 Å². The Morgan fingerprint density at radius 2 is 2.05 bits per heavy atom. The van der Waals surface area contributed by atoms with E-state index in [1.165, 1.54) is 11.9 Å². The second kappa shape index (κ2) is 13.8. The highest BCUT2D eigenvalue weighted by molar-refractivity contribution is 6.00. The Kier molecular flexibility index (Phi) is 10.8. The van der Waals surface area contributed by atoms with E-state index in [4.69, 9.17) is 10.6 Å². The number of hydrogen-bond acceptors (Lipinski definition) is 6. The first-order valence-corrected chi connectivity index (χ1v) is 14.1. The van der Waals surface area contributed by atoms with Crippen LogP contribution in [0.4, 0.5) is 0 Å². The number of allylic oxidation sites excluding steroid dienone is 4. The maximum absolute atomic E-state index is 13.5. The molecule has 0 aromatic heterocycles. The molecular weight excluding hydrogens is 476 g/mol. The summed E-state index contributed by atoms with van der Waals surface area (Å²) in [5, 5.41) is 11.7.